The molecule has 2 rings (SSSR count). The van der Waals surface area contributed by atoms with Gasteiger partial charge in [0.2, 0.25) is 0 Å². The molecule has 0 aromatic rings. The largest absolute Gasteiger partial charge is 0.325 e. The number of carbonyl (C=O) groups excluding carboxylic acids is 2. The molecular formula is C15H27N3O2. The average molecular weight is 281 g/mol. The number of hydrogen-bond donors (Lipinski definition) is 2. The van der Waals surface area contributed by atoms with E-state index in [0.29, 0.717) is 19.4 Å². The number of urea groups is 1. The van der Waals surface area contributed by atoms with Crippen LogP contribution in [-0.4, -0.2) is 40.0 Å². The van der Waals surface area contributed by atoms with Gasteiger partial charge in [0.25, 0.3) is 5.91 Å². The molecule has 3 amide bonds. The summed E-state index contributed by atoms with van der Waals surface area (Å²) in [4.78, 5) is 26.4. The van der Waals surface area contributed by atoms with Crippen LogP contribution in [0.2, 0.25) is 0 Å². The lowest BCUT2D eigenvalue weighted by Crippen LogP contribution is -2.68. The van der Waals surface area contributed by atoms with Gasteiger partial charge in [0.1, 0.15) is 5.54 Å². The van der Waals surface area contributed by atoms with Crippen molar-refractivity contribution in [2.24, 2.45) is 0 Å². The minimum atomic E-state index is -0.733. The first-order chi connectivity index (χ1) is 9.11. The highest BCUT2D eigenvalue weighted by Crippen LogP contribution is 2.39. The normalized spacial score (nSPS) is 26.9. The van der Waals surface area contributed by atoms with Crippen LogP contribution in [0.5, 0.6) is 0 Å². The Labute approximate surface area is 121 Å². The van der Waals surface area contributed by atoms with E-state index in [-0.39, 0.29) is 23.0 Å². The van der Waals surface area contributed by atoms with E-state index < -0.39 is 5.54 Å². The zero-order chi connectivity index (χ0) is 15.2. The molecule has 2 N–H and O–H groups in total. The lowest BCUT2D eigenvalue weighted by Gasteiger charge is -2.50. The van der Waals surface area contributed by atoms with Crippen LogP contribution < -0.4 is 10.6 Å². The lowest BCUT2D eigenvalue weighted by atomic mass is 9.71. The Kier molecular flexibility index (Phi) is 3.61. The molecule has 5 heteroatoms. The second kappa shape index (κ2) is 4.72. The van der Waals surface area contributed by atoms with Crippen molar-refractivity contribution in [2.75, 3.05) is 6.54 Å². The summed E-state index contributed by atoms with van der Waals surface area (Å²) in [6.45, 7) is 10.9. The first-order valence-corrected chi connectivity index (χ1v) is 7.54. The highest BCUT2D eigenvalue weighted by molar-refractivity contribution is 6.07. The van der Waals surface area contributed by atoms with E-state index in [1.807, 2.05) is 0 Å². The van der Waals surface area contributed by atoms with Crippen molar-refractivity contribution in [1.82, 2.24) is 15.5 Å². The molecule has 2 saturated heterocycles. The molecule has 0 unspecified atom stereocenters. The van der Waals surface area contributed by atoms with Crippen LogP contribution in [0.1, 0.15) is 60.3 Å². The number of amides is 3. The number of nitrogens with one attached hydrogen (secondary N) is 2. The van der Waals surface area contributed by atoms with Crippen LogP contribution in [0.3, 0.4) is 0 Å². The maximum absolute atomic E-state index is 12.8. The van der Waals surface area contributed by atoms with Gasteiger partial charge in [0.05, 0.1) is 0 Å². The van der Waals surface area contributed by atoms with Crippen LogP contribution in [0.15, 0.2) is 0 Å². The Hall–Kier alpha value is -1.10. The van der Waals surface area contributed by atoms with E-state index in [0.717, 1.165) is 12.8 Å². The van der Waals surface area contributed by atoms with E-state index in [4.69, 9.17) is 0 Å². The molecule has 0 aromatic heterocycles. The summed E-state index contributed by atoms with van der Waals surface area (Å²) in [5.41, 5.74) is -1.08. The fourth-order valence-corrected chi connectivity index (χ4v) is 4.01. The van der Waals surface area contributed by atoms with Crippen molar-refractivity contribution < 1.29 is 9.59 Å². The van der Waals surface area contributed by atoms with Gasteiger partial charge in [0, 0.05) is 17.6 Å². The van der Waals surface area contributed by atoms with E-state index in [1.54, 1.807) is 0 Å². The number of piperidine rings is 1. The summed E-state index contributed by atoms with van der Waals surface area (Å²) in [5.74, 6) is -0.0430. The van der Waals surface area contributed by atoms with Crippen LogP contribution in [0, 0.1) is 0 Å². The van der Waals surface area contributed by atoms with Crippen molar-refractivity contribution in [3.63, 3.8) is 0 Å². The van der Waals surface area contributed by atoms with Crippen molar-refractivity contribution >= 4 is 11.9 Å². The standard InChI is InChI=1S/C15H27N3O2/c1-6-7-8-18-11(19)15(16-12(18)20)9-13(2,3)17-14(4,5)10-15/h17H,6-10H2,1-5H3,(H,16,20). The van der Waals surface area contributed by atoms with Gasteiger partial charge in [-0.05, 0) is 47.0 Å². The zero-order valence-electron chi connectivity index (χ0n) is 13.3. The third-order valence-electron chi connectivity index (χ3n) is 4.15. The molecule has 20 heavy (non-hydrogen) atoms. The van der Waals surface area contributed by atoms with E-state index >= 15 is 0 Å². The minimum Gasteiger partial charge on any atom is -0.323 e. The van der Waals surface area contributed by atoms with E-state index in [9.17, 15) is 9.59 Å². The molecular weight excluding hydrogens is 254 g/mol. The van der Waals surface area contributed by atoms with Crippen molar-refractivity contribution in [1.29, 1.82) is 0 Å². The van der Waals surface area contributed by atoms with Gasteiger partial charge in [0.15, 0.2) is 0 Å². The van der Waals surface area contributed by atoms with Crippen LogP contribution in [-0.2, 0) is 4.79 Å². The maximum Gasteiger partial charge on any atom is 0.325 e. The number of nitrogens with zero attached hydrogens (tertiary/aromatic N) is 1. The van der Waals surface area contributed by atoms with E-state index in [1.165, 1.54) is 4.90 Å². The number of imide groups is 1. The first-order valence-electron chi connectivity index (χ1n) is 7.54. The minimum absolute atomic E-state index is 0.0430. The SMILES string of the molecule is CCCCN1C(=O)NC2(CC(C)(C)NC(C)(C)C2)C1=O. The smallest absolute Gasteiger partial charge is 0.323 e. The number of unbranched alkanes of at least 4 members (excludes halogenated alkanes) is 1. The summed E-state index contributed by atoms with van der Waals surface area (Å²) < 4.78 is 0. The third kappa shape index (κ3) is 2.68. The summed E-state index contributed by atoms with van der Waals surface area (Å²) in [5, 5.41) is 6.54. The van der Waals surface area contributed by atoms with E-state index in [2.05, 4.69) is 45.3 Å². The Bertz CT molecular complexity index is 413. The second-order valence-electron chi connectivity index (χ2n) is 7.57. The predicted molar refractivity (Wildman–Crippen MR) is 78.4 cm³/mol. The molecule has 0 bridgehead atoms. The Morgan fingerprint density at radius 2 is 1.65 bits per heavy atom. The topological polar surface area (TPSA) is 61.4 Å². The highest BCUT2D eigenvalue weighted by atomic mass is 16.2. The fourth-order valence-electron chi connectivity index (χ4n) is 4.01. The molecule has 2 aliphatic heterocycles. The Balaban J connectivity index is 2.27. The van der Waals surface area contributed by atoms with Gasteiger partial charge in [-0.15, -0.1) is 0 Å². The molecule has 2 fully saturated rings. The van der Waals surface area contributed by atoms with Crippen LogP contribution in [0.25, 0.3) is 0 Å². The summed E-state index contributed by atoms with van der Waals surface area (Å²) in [6, 6.07) is -0.225. The maximum atomic E-state index is 12.8. The van der Waals surface area contributed by atoms with Gasteiger partial charge in [-0.2, -0.15) is 0 Å². The molecule has 2 aliphatic rings. The van der Waals surface area contributed by atoms with Gasteiger partial charge in [-0.3, -0.25) is 9.69 Å². The number of rotatable bonds is 3. The predicted octanol–water partition coefficient (Wildman–Crippen LogP) is 2.02. The molecule has 0 radical (unpaired) electrons. The Morgan fingerprint density at radius 1 is 1.10 bits per heavy atom. The number of carbonyl (C=O) groups is 2. The molecule has 0 atom stereocenters. The molecule has 5 nitrogen and oxygen atoms in total. The molecule has 1 spiro atoms. The van der Waals surface area contributed by atoms with Crippen molar-refractivity contribution in [3.05, 3.63) is 0 Å². The third-order valence-corrected chi connectivity index (χ3v) is 4.15. The average Bonchev–Trinajstić information content (AvgIpc) is 2.43. The van der Waals surface area contributed by atoms with Crippen molar-refractivity contribution in [3.8, 4) is 0 Å². The number of hydrogen-bond acceptors (Lipinski definition) is 3. The summed E-state index contributed by atoms with van der Waals surface area (Å²) in [7, 11) is 0. The van der Waals surface area contributed by atoms with Gasteiger partial charge >= 0.3 is 6.03 Å². The van der Waals surface area contributed by atoms with Gasteiger partial charge in [-0.25, -0.2) is 4.79 Å². The molecule has 2 heterocycles. The van der Waals surface area contributed by atoms with Crippen molar-refractivity contribution in [2.45, 2.75) is 76.9 Å². The lowest BCUT2D eigenvalue weighted by molar-refractivity contribution is -0.134. The zero-order valence-corrected chi connectivity index (χ0v) is 13.3. The van der Waals surface area contributed by atoms with Gasteiger partial charge < -0.3 is 10.6 Å². The van der Waals surface area contributed by atoms with Crippen LogP contribution in [0.4, 0.5) is 4.79 Å². The second-order valence-corrected chi connectivity index (χ2v) is 7.57. The highest BCUT2D eigenvalue weighted by Gasteiger charge is 2.58. The quantitative estimate of drug-likeness (QED) is 0.778. The molecule has 114 valence electrons. The molecule has 0 saturated carbocycles. The summed E-state index contributed by atoms with van der Waals surface area (Å²) >= 11 is 0. The summed E-state index contributed by atoms with van der Waals surface area (Å²) in [6.07, 6.45) is 3.11. The Morgan fingerprint density at radius 3 is 2.15 bits per heavy atom. The molecule has 0 aliphatic carbocycles. The monoisotopic (exact) mass is 281 g/mol. The molecule has 0 aromatic carbocycles. The van der Waals surface area contributed by atoms with Gasteiger partial charge in [-0.1, -0.05) is 13.3 Å². The van der Waals surface area contributed by atoms with Crippen LogP contribution >= 0.6 is 0 Å². The first kappa shape index (κ1) is 15.3. The fraction of sp³-hybridized carbons (Fsp3) is 0.867.